The van der Waals surface area contributed by atoms with E-state index in [1.54, 1.807) is 12.1 Å². The van der Waals surface area contributed by atoms with Crippen LogP contribution in [0.4, 0.5) is 5.69 Å². The van der Waals surface area contributed by atoms with Crippen molar-refractivity contribution in [3.63, 3.8) is 0 Å². The Morgan fingerprint density at radius 2 is 2.00 bits per heavy atom. The van der Waals surface area contributed by atoms with Crippen LogP contribution in [0.3, 0.4) is 0 Å². The number of nitrogens with zero attached hydrogens (tertiary/aromatic N) is 2. The van der Waals surface area contributed by atoms with Crippen LogP contribution in [0.15, 0.2) is 18.2 Å². The number of nitriles is 1. The summed E-state index contributed by atoms with van der Waals surface area (Å²) in [7, 11) is -2.13. The Morgan fingerprint density at radius 1 is 1.30 bits per heavy atom. The van der Waals surface area contributed by atoms with Gasteiger partial charge in [-0.15, -0.1) is 0 Å². The lowest BCUT2D eigenvalue weighted by atomic mass is 10.2. The Balaban J connectivity index is 2.22. The molecule has 108 valence electrons. The number of benzene rings is 1. The highest BCUT2D eigenvalue weighted by atomic mass is 32.2. The molecule has 1 aliphatic rings. The van der Waals surface area contributed by atoms with E-state index in [2.05, 4.69) is 4.72 Å². The molecular formula is C13H17N3O3S. The molecule has 0 radical (unpaired) electrons. The van der Waals surface area contributed by atoms with E-state index in [4.69, 9.17) is 10.00 Å². The van der Waals surface area contributed by atoms with Gasteiger partial charge in [0.25, 0.3) is 0 Å². The molecule has 0 atom stereocenters. The maximum atomic E-state index is 12.3. The molecule has 1 aromatic rings. The first-order chi connectivity index (χ1) is 9.56. The van der Waals surface area contributed by atoms with Crippen molar-refractivity contribution in [2.75, 3.05) is 24.9 Å². The highest BCUT2D eigenvalue weighted by Crippen LogP contribution is 2.27. The molecule has 20 heavy (non-hydrogen) atoms. The predicted octanol–water partition coefficient (Wildman–Crippen LogP) is 1.71. The minimum atomic E-state index is -3.57. The number of hydrogen-bond acceptors (Lipinski definition) is 4. The molecule has 7 heteroatoms. The number of rotatable bonds is 4. The summed E-state index contributed by atoms with van der Waals surface area (Å²) in [5.41, 5.74) is 0.764. The standard InChI is InChI=1S/C13H17N3O3S/c1-19-13-9-11(10-14)5-6-12(13)15-20(17,18)16-7-3-2-4-8-16/h5-6,9,15H,2-4,7-8H2,1H3. The van der Waals surface area contributed by atoms with Crippen LogP contribution in [0.25, 0.3) is 0 Å². The second kappa shape index (κ2) is 6.11. The van der Waals surface area contributed by atoms with Gasteiger partial charge in [-0.2, -0.15) is 18.0 Å². The molecule has 0 unspecified atom stereocenters. The van der Waals surface area contributed by atoms with Crippen LogP contribution in [0.2, 0.25) is 0 Å². The van der Waals surface area contributed by atoms with Crippen LogP contribution < -0.4 is 9.46 Å². The zero-order chi connectivity index (χ0) is 14.6. The van der Waals surface area contributed by atoms with Crippen molar-refractivity contribution in [2.24, 2.45) is 0 Å². The number of ether oxygens (including phenoxy) is 1. The summed E-state index contributed by atoms with van der Waals surface area (Å²) in [5, 5.41) is 8.83. The fourth-order valence-electron chi connectivity index (χ4n) is 2.15. The Bertz CT molecular complexity index is 616. The van der Waals surface area contributed by atoms with Gasteiger partial charge in [-0.3, -0.25) is 4.72 Å². The van der Waals surface area contributed by atoms with Crippen molar-refractivity contribution in [3.8, 4) is 11.8 Å². The number of nitrogens with one attached hydrogen (secondary N) is 1. The fraction of sp³-hybridized carbons (Fsp3) is 0.462. The Labute approximate surface area is 119 Å². The van der Waals surface area contributed by atoms with Gasteiger partial charge in [0.05, 0.1) is 24.4 Å². The second-order valence-corrected chi connectivity index (χ2v) is 6.26. The van der Waals surface area contributed by atoms with Gasteiger partial charge in [0.15, 0.2) is 0 Å². The minimum Gasteiger partial charge on any atom is -0.495 e. The SMILES string of the molecule is COc1cc(C#N)ccc1NS(=O)(=O)N1CCCCC1. The van der Waals surface area contributed by atoms with Gasteiger partial charge in [-0.25, -0.2) is 0 Å². The van der Waals surface area contributed by atoms with E-state index < -0.39 is 10.2 Å². The molecule has 1 N–H and O–H groups in total. The predicted molar refractivity (Wildman–Crippen MR) is 75.7 cm³/mol. The van der Waals surface area contributed by atoms with E-state index >= 15 is 0 Å². The van der Waals surface area contributed by atoms with E-state index in [0.717, 1.165) is 19.3 Å². The van der Waals surface area contributed by atoms with Crippen LogP contribution in [-0.2, 0) is 10.2 Å². The van der Waals surface area contributed by atoms with Crippen LogP contribution in [-0.4, -0.2) is 32.9 Å². The Morgan fingerprint density at radius 3 is 2.60 bits per heavy atom. The smallest absolute Gasteiger partial charge is 0.301 e. The molecule has 0 aliphatic carbocycles. The van der Waals surface area contributed by atoms with Gasteiger partial charge in [0.2, 0.25) is 0 Å². The first kappa shape index (κ1) is 14.6. The lowest BCUT2D eigenvalue weighted by Crippen LogP contribution is -2.39. The summed E-state index contributed by atoms with van der Waals surface area (Å²) in [5.74, 6) is 0.338. The van der Waals surface area contributed by atoms with E-state index in [-0.39, 0.29) is 0 Å². The molecule has 1 heterocycles. The molecule has 1 fully saturated rings. The van der Waals surface area contributed by atoms with Gasteiger partial charge in [0, 0.05) is 19.2 Å². The molecule has 1 aliphatic heterocycles. The number of piperidine rings is 1. The number of hydrogen-bond donors (Lipinski definition) is 1. The van der Waals surface area contributed by atoms with Crippen molar-refractivity contribution in [3.05, 3.63) is 23.8 Å². The first-order valence-corrected chi connectivity index (χ1v) is 7.87. The van der Waals surface area contributed by atoms with Crippen LogP contribution in [0.1, 0.15) is 24.8 Å². The van der Waals surface area contributed by atoms with Crippen molar-refractivity contribution >= 4 is 15.9 Å². The molecule has 0 aromatic heterocycles. The molecular weight excluding hydrogens is 278 g/mol. The molecule has 0 bridgehead atoms. The van der Waals surface area contributed by atoms with Crippen molar-refractivity contribution in [1.29, 1.82) is 5.26 Å². The third-order valence-corrected chi connectivity index (χ3v) is 4.75. The maximum Gasteiger partial charge on any atom is 0.301 e. The normalized spacial score (nSPS) is 16.4. The molecule has 0 spiro atoms. The summed E-state index contributed by atoms with van der Waals surface area (Å²) in [6.07, 6.45) is 2.82. The minimum absolute atomic E-state index is 0.338. The molecule has 6 nitrogen and oxygen atoms in total. The molecule has 0 amide bonds. The van der Waals surface area contributed by atoms with E-state index in [1.807, 2.05) is 6.07 Å². The Kier molecular flexibility index (Phi) is 4.47. The van der Waals surface area contributed by atoms with E-state index in [0.29, 0.717) is 30.1 Å². The van der Waals surface area contributed by atoms with E-state index in [9.17, 15) is 8.42 Å². The van der Waals surface area contributed by atoms with Gasteiger partial charge >= 0.3 is 10.2 Å². The number of methoxy groups -OCH3 is 1. The number of anilines is 1. The van der Waals surface area contributed by atoms with Crippen molar-refractivity contribution in [2.45, 2.75) is 19.3 Å². The van der Waals surface area contributed by atoms with Crippen LogP contribution >= 0.6 is 0 Å². The largest absolute Gasteiger partial charge is 0.495 e. The maximum absolute atomic E-state index is 12.3. The van der Waals surface area contributed by atoms with Gasteiger partial charge in [0.1, 0.15) is 5.75 Å². The van der Waals surface area contributed by atoms with Gasteiger partial charge in [-0.05, 0) is 25.0 Å². The highest BCUT2D eigenvalue weighted by Gasteiger charge is 2.24. The third kappa shape index (κ3) is 3.21. The first-order valence-electron chi connectivity index (χ1n) is 6.43. The summed E-state index contributed by atoms with van der Waals surface area (Å²) in [4.78, 5) is 0. The molecule has 1 saturated heterocycles. The monoisotopic (exact) mass is 295 g/mol. The van der Waals surface area contributed by atoms with Crippen LogP contribution in [0.5, 0.6) is 5.75 Å². The molecule has 2 rings (SSSR count). The summed E-state index contributed by atoms with van der Waals surface area (Å²) in [6.45, 7) is 1.07. The zero-order valence-corrected chi connectivity index (χ0v) is 12.1. The van der Waals surface area contributed by atoms with Gasteiger partial charge in [-0.1, -0.05) is 6.42 Å². The lowest BCUT2D eigenvalue weighted by Gasteiger charge is -2.26. The average Bonchev–Trinajstić information content (AvgIpc) is 2.48. The van der Waals surface area contributed by atoms with Gasteiger partial charge < -0.3 is 4.74 Å². The average molecular weight is 295 g/mol. The van der Waals surface area contributed by atoms with Crippen LogP contribution in [0, 0.1) is 11.3 Å². The topological polar surface area (TPSA) is 82.4 Å². The molecule has 0 saturated carbocycles. The highest BCUT2D eigenvalue weighted by molar-refractivity contribution is 7.90. The fourth-order valence-corrected chi connectivity index (χ4v) is 3.47. The summed E-state index contributed by atoms with van der Waals surface area (Å²) >= 11 is 0. The zero-order valence-electron chi connectivity index (χ0n) is 11.3. The third-order valence-electron chi connectivity index (χ3n) is 3.22. The summed E-state index contributed by atoms with van der Waals surface area (Å²) < 4.78 is 33.6. The van der Waals surface area contributed by atoms with E-state index in [1.165, 1.54) is 17.5 Å². The van der Waals surface area contributed by atoms with Crippen molar-refractivity contribution in [1.82, 2.24) is 4.31 Å². The quantitative estimate of drug-likeness (QED) is 0.916. The van der Waals surface area contributed by atoms with Crippen molar-refractivity contribution < 1.29 is 13.2 Å². The lowest BCUT2D eigenvalue weighted by molar-refractivity contribution is 0.348. The second-order valence-electron chi connectivity index (χ2n) is 4.59. The Hall–Kier alpha value is -1.78. The molecule has 1 aromatic carbocycles. The summed E-state index contributed by atoms with van der Waals surface area (Å²) in [6, 6.07) is 6.59.